The molecule has 3 aliphatic heterocycles. The molecule has 5 rings (SSSR count). The van der Waals surface area contributed by atoms with Crippen LogP contribution in [0.2, 0.25) is 0 Å². The van der Waals surface area contributed by atoms with Crippen LogP contribution >= 0.6 is 0 Å². The summed E-state index contributed by atoms with van der Waals surface area (Å²) in [5.41, 5.74) is 8.21. The summed E-state index contributed by atoms with van der Waals surface area (Å²) in [4.78, 5) is 35.3. The number of nitrogens with two attached hydrogens (primary N) is 1. The van der Waals surface area contributed by atoms with Crippen LogP contribution in [0.3, 0.4) is 0 Å². The molecule has 3 aliphatic rings. The van der Waals surface area contributed by atoms with Crippen LogP contribution in [0.25, 0.3) is 11.3 Å². The normalized spacial score (nSPS) is 19.7. The maximum Gasteiger partial charge on any atom is 0.231 e. The van der Waals surface area contributed by atoms with Gasteiger partial charge in [0.15, 0.2) is 0 Å². The van der Waals surface area contributed by atoms with Gasteiger partial charge in [-0.3, -0.25) is 9.69 Å². The van der Waals surface area contributed by atoms with Crippen molar-refractivity contribution in [2.75, 3.05) is 61.5 Å². The highest BCUT2D eigenvalue weighted by atomic mass is 16.5. The van der Waals surface area contributed by atoms with Crippen molar-refractivity contribution < 1.29 is 9.53 Å². The predicted molar refractivity (Wildman–Crippen MR) is 112 cm³/mol. The van der Waals surface area contributed by atoms with E-state index in [1.807, 2.05) is 4.90 Å². The third-order valence-electron chi connectivity index (χ3n) is 6.01. The molecule has 2 aromatic heterocycles. The summed E-state index contributed by atoms with van der Waals surface area (Å²) < 4.78 is 5.48. The number of anilines is 3. The van der Waals surface area contributed by atoms with E-state index in [1.54, 1.807) is 12.4 Å². The molecule has 0 bridgehead atoms. The predicted octanol–water partition coefficient (Wildman–Crippen LogP) is 0.241. The van der Waals surface area contributed by atoms with Crippen molar-refractivity contribution in [1.29, 1.82) is 0 Å². The van der Waals surface area contributed by atoms with E-state index in [4.69, 9.17) is 20.4 Å². The van der Waals surface area contributed by atoms with Crippen molar-refractivity contribution in [3.05, 3.63) is 18.0 Å². The topological polar surface area (TPSA) is 122 Å². The Kier molecular flexibility index (Phi) is 5.17. The molecule has 0 atom stereocenters. The Hall–Kier alpha value is -2.85. The maximum atomic E-state index is 13.3. The molecule has 2 saturated heterocycles. The Morgan fingerprint density at radius 1 is 1.10 bits per heavy atom. The van der Waals surface area contributed by atoms with Crippen molar-refractivity contribution in [3.63, 3.8) is 0 Å². The first-order valence-corrected chi connectivity index (χ1v) is 10.5. The molecule has 2 aromatic rings. The van der Waals surface area contributed by atoms with E-state index in [2.05, 4.69) is 20.2 Å². The van der Waals surface area contributed by atoms with E-state index in [-0.39, 0.29) is 17.8 Å². The Balaban J connectivity index is 1.55. The molecule has 0 radical (unpaired) electrons. The number of hydrogen-bond donors (Lipinski definition) is 2. The Labute approximate surface area is 174 Å². The van der Waals surface area contributed by atoms with Gasteiger partial charge < -0.3 is 20.7 Å². The fourth-order valence-corrected chi connectivity index (χ4v) is 4.35. The van der Waals surface area contributed by atoms with Crippen molar-refractivity contribution in [2.24, 2.45) is 5.92 Å². The average molecular weight is 410 g/mol. The van der Waals surface area contributed by atoms with Gasteiger partial charge in [-0.15, -0.1) is 0 Å². The van der Waals surface area contributed by atoms with Gasteiger partial charge in [-0.05, 0) is 32.4 Å². The highest BCUT2D eigenvalue weighted by molar-refractivity contribution is 5.97. The molecular formula is C20H26N8O2. The van der Waals surface area contributed by atoms with Crippen LogP contribution in [0, 0.1) is 5.92 Å². The lowest BCUT2D eigenvalue weighted by Gasteiger charge is -2.29. The molecule has 3 N–H and O–H groups in total. The summed E-state index contributed by atoms with van der Waals surface area (Å²) >= 11 is 0. The molecular weight excluding hydrogens is 384 g/mol. The van der Waals surface area contributed by atoms with Gasteiger partial charge in [-0.25, -0.2) is 15.0 Å². The van der Waals surface area contributed by atoms with Gasteiger partial charge in [0.1, 0.15) is 5.82 Å². The number of piperidine rings is 1. The third kappa shape index (κ3) is 3.56. The highest BCUT2D eigenvalue weighted by Crippen LogP contribution is 2.36. The van der Waals surface area contributed by atoms with Gasteiger partial charge in [0.25, 0.3) is 0 Å². The van der Waals surface area contributed by atoms with E-state index in [9.17, 15) is 4.79 Å². The van der Waals surface area contributed by atoms with Crippen LogP contribution < -0.4 is 20.9 Å². The quantitative estimate of drug-likeness (QED) is 0.732. The van der Waals surface area contributed by atoms with Crippen LogP contribution in [0.5, 0.6) is 0 Å². The van der Waals surface area contributed by atoms with Crippen LogP contribution in [-0.2, 0) is 16.0 Å². The van der Waals surface area contributed by atoms with Crippen LogP contribution in [0.15, 0.2) is 12.4 Å². The van der Waals surface area contributed by atoms with Crippen molar-refractivity contribution >= 4 is 23.6 Å². The number of nitrogen functional groups attached to an aromatic ring is 1. The minimum absolute atomic E-state index is 0.0438. The largest absolute Gasteiger partial charge is 0.378 e. The first-order chi connectivity index (χ1) is 14.7. The summed E-state index contributed by atoms with van der Waals surface area (Å²) in [5.74, 6) is 1.78. The van der Waals surface area contributed by atoms with E-state index in [0.29, 0.717) is 25.7 Å². The molecule has 5 heterocycles. The lowest BCUT2D eigenvalue weighted by Crippen LogP contribution is -2.41. The van der Waals surface area contributed by atoms with Gasteiger partial charge in [-0.2, -0.15) is 4.98 Å². The lowest BCUT2D eigenvalue weighted by atomic mass is 9.97. The number of nitrogens with zero attached hydrogens (tertiary/aromatic N) is 6. The van der Waals surface area contributed by atoms with Crippen LogP contribution in [0.1, 0.15) is 18.4 Å². The summed E-state index contributed by atoms with van der Waals surface area (Å²) in [5, 5.41) is 3.33. The number of carbonyl (C=O) groups excluding carboxylic acids is 1. The standard InChI is InChI=1S/C20H26N8O2/c21-19-23-11-14(12-24-19)16-15-3-6-28(18(29)13-1-4-22-5-2-13)17(15)26-20(25-16)27-7-9-30-10-8-27/h11-13,22H,1-10H2,(H2,21,23,24). The smallest absolute Gasteiger partial charge is 0.231 e. The second-order valence-electron chi connectivity index (χ2n) is 7.87. The number of ether oxygens (including phenoxy) is 1. The van der Waals surface area contributed by atoms with E-state index < -0.39 is 0 Å². The van der Waals surface area contributed by atoms with E-state index in [0.717, 1.165) is 68.1 Å². The summed E-state index contributed by atoms with van der Waals surface area (Å²) in [7, 11) is 0. The molecule has 0 aromatic carbocycles. The zero-order valence-corrected chi connectivity index (χ0v) is 16.9. The van der Waals surface area contributed by atoms with Crippen LogP contribution in [0.4, 0.5) is 17.7 Å². The number of fused-ring (bicyclic) bond motifs is 1. The maximum absolute atomic E-state index is 13.3. The zero-order valence-electron chi connectivity index (χ0n) is 16.9. The fraction of sp³-hybridized carbons (Fsp3) is 0.550. The first kappa shape index (κ1) is 19.1. The Bertz CT molecular complexity index is 923. The van der Waals surface area contributed by atoms with Gasteiger partial charge in [0.05, 0.1) is 18.9 Å². The molecule has 0 spiro atoms. The number of aromatic nitrogens is 4. The molecule has 1 amide bonds. The van der Waals surface area contributed by atoms with Gasteiger partial charge in [0.2, 0.25) is 17.8 Å². The second-order valence-corrected chi connectivity index (χ2v) is 7.87. The molecule has 0 aliphatic carbocycles. The van der Waals surface area contributed by atoms with Crippen LogP contribution in [-0.4, -0.2) is 71.8 Å². The van der Waals surface area contributed by atoms with Gasteiger partial charge in [-0.1, -0.05) is 0 Å². The minimum atomic E-state index is 0.0438. The molecule has 0 saturated carbocycles. The Morgan fingerprint density at radius 3 is 2.57 bits per heavy atom. The van der Waals surface area contributed by atoms with Gasteiger partial charge >= 0.3 is 0 Å². The Morgan fingerprint density at radius 2 is 1.83 bits per heavy atom. The van der Waals surface area contributed by atoms with E-state index in [1.165, 1.54) is 0 Å². The number of nitrogens with one attached hydrogen (secondary N) is 1. The molecule has 2 fully saturated rings. The van der Waals surface area contributed by atoms with E-state index >= 15 is 0 Å². The fourth-order valence-electron chi connectivity index (χ4n) is 4.35. The third-order valence-corrected chi connectivity index (χ3v) is 6.01. The number of rotatable bonds is 3. The number of amides is 1. The van der Waals surface area contributed by atoms with Crippen molar-refractivity contribution in [1.82, 2.24) is 25.3 Å². The molecule has 30 heavy (non-hydrogen) atoms. The zero-order chi connectivity index (χ0) is 20.5. The van der Waals surface area contributed by atoms with Crippen molar-refractivity contribution in [2.45, 2.75) is 19.3 Å². The monoisotopic (exact) mass is 410 g/mol. The van der Waals surface area contributed by atoms with Crippen molar-refractivity contribution in [3.8, 4) is 11.3 Å². The summed E-state index contributed by atoms with van der Waals surface area (Å²) in [6.07, 6.45) is 5.82. The lowest BCUT2D eigenvalue weighted by molar-refractivity contribution is -0.123. The second kappa shape index (κ2) is 8.11. The minimum Gasteiger partial charge on any atom is -0.378 e. The summed E-state index contributed by atoms with van der Waals surface area (Å²) in [6, 6.07) is 0. The molecule has 10 nitrogen and oxygen atoms in total. The number of morpholine rings is 1. The number of carbonyl (C=O) groups is 1. The first-order valence-electron chi connectivity index (χ1n) is 10.5. The average Bonchev–Trinajstić information content (AvgIpc) is 3.24. The molecule has 0 unspecified atom stereocenters. The SMILES string of the molecule is Nc1ncc(-c2nc(N3CCOCC3)nc3c2CCN3C(=O)C2CCNCC2)cn1. The highest BCUT2D eigenvalue weighted by Gasteiger charge is 2.35. The van der Waals surface area contributed by atoms with Gasteiger partial charge in [0, 0.05) is 49.1 Å². The molecule has 10 heteroatoms. The molecule has 158 valence electrons. The number of hydrogen-bond acceptors (Lipinski definition) is 9. The summed E-state index contributed by atoms with van der Waals surface area (Å²) in [6.45, 7) is 5.11.